The average molecular weight is 1380 g/mol. The van der Waals surface area contributed by atoms with Crippen LogP contribution in [0, 0.1) is 0 Å². The van der Waals surface area contributed by atoms with Gasteiger partial charge in [0.1, 0.15) is 48.3 Å². The SMILES string of the molecule is CCCC[C@H](NC(=O)[C@H](CS)NC(C)=O)C(=O)N[C@@H](CCCN=C(N)N)C(=O)N[C@@H](Cc1cnc[nH]1)C(=O)N[C@H](Cc1ccc2ccccc2c1)C(=O)N[C@@H](CCCN=C(N)N)C(=O)N[C@@H](Cc1c[nH]c2ccccc12)C(=O)NCC(=O)N[C@@H](CS)C(N)=O.O=C(O)C(F)(F)F. The van der Waals surface area contributed by atoms with Crippen LogP contribution < -0.4 is 76.5 Å². The maximum atomic E-state index is 15.1. The largest absolute Gasteiger partial charge is 0.490 e. The normalized spacial score (nSPS) is 13.5. The summed E-state index contributed by atoms with van der Waals surface area (Å²) in [6, 6.07) is 9.57. The van der Waals surface area contributed by atoms with Crippen LogP contribution in [0.5, 0.6) is 0 Å². The number of nitrogens with two attached hydrogens (primary N) is 5. The van der Waals surface area contributed by atoms with Crippen LogP contribution in [0.1, 0.15) is 75.6 Å². The molecular weight excluding hydrogens is 1300 g/mol. The lowest BCUT2D eigenvalue weighted by Gasteiger charge is -2.28. The van der Waals surface area contributed by atoms with Crippen LogP contribution in [-0.2, 0) is 72.0 Å². The molecule has 2 heterocycles. The van der Waals surface area contributed by atoms with Crippen molar-refractivity contribution < 1.29 is 71.0 Å². The van der Waals surface area contributed by atoms with Crippen molar-refractivity contribution >= 4 is 124 Å². The Kier molecular flexibility index (Phi) is 32.3. The lowest BCUT2D eigenvalue weighted by atomic mass is 9.99. The number of aliphatic carboxylic acids is 1. The average Bonchev–Trinajstić information content (AvgIpc) is 1.48. The molecule has 0 radical (unpaired) electrons. The van der Waals surface area contributed by atoms with E-state index in [2.05, 4.69) is 98.0 Å². The van der Waals surface area contributed by atoms with Gasteiger partial charge in [-0.05, 0) is 60.1 Å². The van der Waals surface area contributed by atoms with E-state index < -0.39 is 126 Å². The van der Waals surface area contributed by atoms with Crippen LogP contribution in [0.2, 0.25) is 0 Å². The van der Waals surface area contributed by atoms with Crippen molar-refractivity contribution in [3.63, 3.8) is 0 Å². The maximum Gasteiger partial charge on any atom is 0.490 e. The summed E-state index contributed by atoms with van der Waals surface area (Å²) >= 11 is 8.25. The molecule has 0 saturated heterocycles. The number of aromatic amines is 2. The molecule has 31 nitrogen and oxygen atoms in total. The topological polar surface area (TPSA) is 516 Å². The van der Waals surface area contributed by atoms with E-state index in [4.69, 9.17) is 38.6 Å². The van der Waals surface area contributed by atoms with Gasteiger partial charge in [-0.15, -0.1) is 0 Å². The predicted octanol–water partition coefficient (Wildman–Crippen LogP) is -1.64. The Balaban J connectivity index is 0.00000264. The van der Waals surface area contributed by atoms with Crippen molar-refractivity contribution in [1.82, 2.24) is 62.8 Å². The van der Waals surface area contributed by atoms with E-state index in [0.717, 1.165) is 21.7 Å². The number of halogens is 3. The van der Waals surface area contributed by atoms with Gasteiger partial charge in [-0.25, -0.2) is 9.78 Å². The monoisotopic (exact) mass is 1380 g/mol. The number of imidazole rings is 1. The number of nitrogens with zero attached hydrogens (tertiary/aromatic N) is 3. The fraction of sp³-hybridized carbons (Fsp3) is 0.433. The molecule has 0 bridgehead atoms. The zero-order valence-corrected chi connectivity index (χ0v) is 54.3. The highest BCUT2D eigenvalue weighted by atomic mass is 32.1. The Labute approximate surface area is 560 Å². The number of guanidine groups is 2. The number of nitrogens with one attached hydrogen (secondary N) is 11. The number of hydrogen-bond donors (Lipinski definition) is 19. The molecule has 22 N–H and O–H groups in total. The Morgan fingerprint density at radius 1 is 0.573 bits per heavy atom. The number of aromatic nitrogens is 3. The number of H-pyrrole nitrogens is 2. The molecule has 8 atom stereocenters. The third-order valence-corrected chi connectivity index (χ3v) is 15.0. The summed E-state index contributed by atoms with van der Waals surface area (Å²) in [5.74, 6) is -11.2. The molecule has 0 spiro atoms. The van der Waals surface area contributed by atoms with Crippen molar-refractivity contribution in [1.29, 1.82) is 0 Å². The number of fused-ring (bicyclic) bond motifs is 2. The minimum Gasteiger partial charge on any atom is -0.475 e. The number of amides is 10. The van der Waals surface area contributed by atoms with Crippen molar-refractivity contribution in [2.45, 2.75) is 133 Å². The molecule has 0 unspecified atom stereocenters. The summed E-state index contributed by atoms with van der Waals surface area (Å²) in [5, 5.41) is 33.4. The summed E-state index contributed by atoms with van der Waals surface area (Å²) in [7, 11) is 0. The number of para-hydroxylation sites is 1. The number of carbonyl (C=O) groups is 11. The van der Waals surface area contributed by atoms with Crippen molar-refractivity contribution in [3.8, 4) is 0 Å². The molecule has 0 saturated carbocycles. The van der Waals surface area contributed by atoms with E-state index >= 15 is 9.59 Å². The van der Waals surface area contributed by atoms with Crippen molar-refractivity contribution in [3.05, 3.63) is 102 Å². The fourth-order valence-electron chi connectivity index (χ4n) is 9.40. The molecule has 2 aromatic heterocycles. The Morgan fingerprint density at radius 2 is 1.05 bits per heavy atom. The minimum atomic E-state index is -5.08. The number of hydrogen-bond acceptors (Lipinski definition) is 16. The number of alkyl halides is 3. The molecule has 3 aromatic carbocycles. The van der Waals surface area contributed by atoms with E-state index in [0.29, 0.717) is 29.7 Å². The summed E-state index contributed by atoms with van der Waals surface area (Å²) in [4.78, 5) is 165. The van der Waals surface area contributed by atoms with Crippen LogP contribution >= 0.6 is 25.3 Å². The number of thiol groups is 2. The van der Waals surface area contributed by atoms with Gasteiger partial charge in [-0.1, -0.05) is 80.4 Å². The Morgan fingerprint density at radius 3 is 1.54 bits per heavy atom. The van der Waals surface area contributed by atoms with Crippen LogP contribution in [0.15, 0.2) is 95.4 Å². The summed E-state index contributed by atoms with van der Waals surface area (Å²) in [6.07, 6.45) is 0.217. The van der Waals surface area contributed by atoms with Gasteiger partial charge in [-0.2, -0.15) is 38.4 Å². The first-order valence-corrected chi connectivity index (χ1v) is 31.4. The van der Waals surface area contributed by atoms with Crippen molar-refractivity contribution in [2.75, 3.05) is 31.1 Å². The number of rotatable bonds is 37. The lowest BCUT2D eigenvalue weighted by Crippen LogP contribution is -2.61. The number of carboxylic acid groups (broad SMARTS) is 1. The van der Waals surface area contributed by atoms with Gasteiger partial charge >= 0.3 is 12.1 Å². The second kappa shape index (κ2) is 39.5. The van der Waals surface area contributed by atoms with E-state index in [9.17, 15) is 51.5 Å². The van der Waals surface area contributed by atoms with Gasteiger partial charge < -0.3 is 91.6 Å². The van der Waals surface area contributed by atoms with E-state index in [1.54, 1.807) is 18.3 Å². The zero-order chi connectivity index (χ0) is 71.1. The molecule has 10 amide bonds. The standard InChI is InChI=1S/C58H81N19O10S2.C2HF3O2/c1-3-4-14-40(74-56(87)47(30-89)70-32(2)78)51(82)72-41(16-9-20-65-57(60)61)53(84)77-45(25-37-27-64-31-69-37)55(86)75-43(23-33-18-19-34-11-5-6-12-35(34)22-33)54(85)73-42(17-10-21-66-58(62)63)52(83)76-44(24-36-26-67-39-15-8-7-13-38(36)39)50(81)68-28-48(79)71-46(29-88)49(59)80;3-2(4,5)1(6)7/h5-8,11-13,15,18-19,22,26-27,31,40-47,67,88-89H,3-4,9-10,14,16-17,20-21,23-25,28-30H2,1-2H3,(H2,59,80)(H,64,69)(H,68,81)(H,70,78)(H,71,79)(H,72,82)(H,73,85)(H,74,87)(H,75,86)(H,76,83)(H,77,84)(H4,60,61,65)(H4,62,63,66);(H,6,7)/t40-,41-,42-,43+,44-,45-,46-,47-;/m0./s1. The smallest absolute Gasteiger partial charge is 0.475 e. The molecule has 0 aliphatic heterocycles. The number of primary amides is 1. The van der Waals surface area contributed by atoms with Crippen LogP contribution in [-0.4, -0.2) is 183 Å². The van der Waals surface area contributed by atoms with Gasteiger partial charge in [0, 0.05) is 79.8 Å². The Hall–Kier alpha value is -10.1. The number of carboxylic acids is 1. The number of benzene rings is 3. The Bertz CT molecular complexity index is 3530. The minimum absolute atomic E-state index is 0.0140. The molecular formula is C60H82F3N19O12S2. The highest BCUT2D eigenvalue weighted by Gasteiger charge is 2.39. The molecule has 0 fully saturated rings. The zero-order valence-electron chi connectivity index (χ0n) is 52.5. The third-order valence-electron chi connectivity index (χ3n) is 14.3. The van der Waals surface area contributed by atoms with Gasteiger partial charge in [0.15, 0.2) is 11.9 Å². The number of carbonyl (C=O) groups excluding carboxylic acids is 10. The van der Waals surface area contributed by atoms with Gasteiger partial charge in [-0.3, -0.25) is 57.9 Å². The van der Waals surface area contributed by atoms with E-state index in [1.807, 2.05) is 61.5 Å². The lowest BCUT2D eigenvalue weighted by molar-refractivity contribution is -0.192. The van der Waals surface area contributed by atoms with Gasteiger partial charge in [0.05, 0.1) is 12.9 Å². The van der Waals surface area contributed by atoms with E-state index in [1.165, 1.54) is 19.4 Å². The van der Waals surface area contributed by atoms with Crippen LogP contribution in [0.25, 0.3) is 21.7 Å². The summed E-state index contributed by atoms with van der Waals surface area (Å²) in [6.45, 7) is 2.55. The van der Waals surface area contributed by atoms with Gasteiger partial charge in [0.25, 0.3) is 0 Å². The number of unbranched alkanes of at least 4 members (excludes halogenated alkanes) is 1. The highest BCUT2D eigenvalue weighted by Crippen LogP contribution is 2.21. The summed E-state index contributed by atoms with van der Waals surface area (Å²) in [5.41, 5.74) is 30.1. The predicted molar refractivity (Wildman–Crippen MR) is 356 cm³/mol. The number of aliphatic imine (C=N–C) groups is 2. The first-order valence-electron chi connectivity index (χ1n) is 30.1. The molecule has 36 heteroatoms. The van der Waals surface area contributed by atoms with E-state index in [-0.39, 0.29) is 87.9 Å². The molecule has 0 aliphatic rings. The van der Waals surface area contributed by atoms with Gasteiger partial charge in [0.2, 0.25) is 59.1 Å². The molecule has 5 rings (SSSR count). The fourth-order valence-corrected chi connectivity index (χ4v) is 9.93. The first kappa shape index (κ1) is 78.3. The second-order valence-corrected chi connectivity index (χ2v) is 22.5. The molecule has 0 aliphatic carbocycles. The second-order valence-electron chi connectivity index (χ2n) is 21.8. The maximum absolute atomic E-state index is 15.1. The molecule has 96 heavy (non-hydrogen) atoms. The molecule has 5 aromatic rings. The van der Waals surface area contributed by atoms with Crippen molar-refractivity contribution in [2.24, 2.45) is 38.7 Å². The highest BCUT2D eigenvalue weighted by molar-refractivity contribution is 7.80. The summed E-state index contributed by atoms with van der Waals surface area (Å²) < 4.78 is 31.7. The quantitative estimate of drug-likeness (QED) is 0.00918. The van der Waals surface area contributed by atoms with Crippen LogP contribution in [0.3, 0.4) is 0 Å². The molecule has 522 valence electrons. The third kappa shape index (κ3) is 27.1. The first-order chi connectivity index (χ1) is 45.5. The van der Waals surface area contributed by atoms with Crippen LogP contribution in [0.4, 0.5) is 13.2 Å².